The van der Waals surface area contributed by atoms with Gasteiger partial charge in [-0.25, -0.2) is 0 Å². The standard InChI is InChI=1S/C9H13ClO2/c1-5-6-3-4-7(12-6)9(2,10)8(5)11/h3-8,11H,1-2H3/t5-,6-,7+,8-,9+/m1/s1. The fourth-order valence-corrected chi connectivity index (χ4v) is 2.28. The Morgan fingerprint density at radius 2 is 2.17 bits per heavy atom. The Kier molecular flexibility index (Phi) is 1.76. The summed E-state index contributed by atoms with van der Waals surface area (Å²) >= 11 is 6.18. The lowest BCUT2D eigenvalue weighted by Gasteiger charge is -2.42. The molecule has 0 amide bonds. The number of ether oxygens (including phenoxy) is 1. The number of hydrogen-bond acceptors (Lipinski definition) is 2. The molecule has 0 radical (unpaired) electrons. The van der Waals surface area contributed by atoms with Gasteiger partial charge in [0, 0.05) is 5.92 Å². The highest BCUT2D eigenvalue weighted by atomic mass is 35.5. The third kappa shape index (κ3) is 0.951. The monoisotopic (exact) mass is 188 g/mol. The zero-order valence-electron chi connectivity index (χ0n) is 7.20. The molecule has 68 valence electrons. The summed E-state index contributed by atoms with van der Waals surface area (Å²) in [5, 5.41) is 9.83. The van der Waals surface area contributed by atoms with Crippen LogP contribution in [0, 0.1) is 5.92 Å². The average molecular weight is 189 g/mol. The molecule has 2 aliphatic heterocycles. The molecule has 0 aliphatic carbocycles. The number of alkyl halides is 1. The van der Waals surface area contributed by atoms with Crippen molar-refractivity contribution in [2.75, 3.05) is 0 Å². The van der Waals surface area contributed by atoms with Crippen LogP contribution >= 0.6 is 11.6 Å². The largest absolute Gasteiger partial charge is 0.391 e. The van der Waals surface area contributed by atoms with Crippen LogP contribution in [0.2, 0.25) is 0 Å². The molecule has 2 nitrogen and oxygen atoms in total. The van der Waals surface area contributed by atoms with Gasteiger partial charge in [0.05, 0.1) is 23.2 Å². The highest BCUT2D eigenvalue weighted by molar-refractivity contribution is 6.24. The van der Waals surface area contributed by atoms with Gasteiger partial charge < -0.3 is 9.84 Å². The van der Waals surface area contributed by atoms with Crippen LogP contribution in [-0.2, 0) is 4.74 Å². The second-order valence-electron chi connectivity index (χ2n) is 3.86. The number of aliphatic hydroxyl groups excluding tert-OH is 1. The molecule has 0 unspecified atom stereocenters. The maximum Gasteiger partial charge on any atom is 0.0979 e. The number of halogens is 1. The summed E-state index contributed by atoms with van der Waals surface area (Å²) < 4.78 is 5.59. The predicted molar refractivity (Wildman–Crippen MR) is 47.2 cm³/mol. The predicted octanol–water partition coefficient (Wildman–Crippen LogP) is 1.32. The van der Waals surface area contributed by atoms with E-state index >= 15 is 0 Å². The van der Waals surface area contributed by atoms with Crippen LogP contribution < -0.4 is 0 Å². The van der Waals surface area contributed by atoms with Gasteiger partial charge in [-0.15, -0.1) is 11.6 Å². The molecule has 0 spiro atoms. The fourth-order valence-electron chi connectivity index (χ4n) is 1.95. The maximum atomic E-state index is 9.83. The Morgan fingerprint density at radius 3 is 2.83 bits per heavy atom. The molecule has 0 aromatic rings. The normalized spacial score (nSPS) is 57.7. The zero-order valence-corrected chi connectivity index (χ0v) is 7.95. The van der Waals surface area contributed by atoms with Gasteiger partial charge in [-0.05, 0) is 6.92 Å². The summed E-state index contributed by atoms with van der Waals surface area (Å²) in [4.78, 5) is -0.664. The van der Waals surface area contributed by atoms with Crippen molar-refractivity contribution < 1.29 is 9.84 Å². The summed E-state index contributed by atoms with van der Waals surface area (Å²) in [7, 11) is 0. The average Bonchev–Trinajstić information content (AvgIpc) is 2.46. The van der Waals surface area contributed by atoms with Crippen LogP contribution in [0.15, 0.2) is 12.2 Å². The lowest BCUT2D eigenvalue weighted by Crippen LogP contribution is -2.54. The summed E-state index contributed by atoms with van der Waals surface area (Å²) in [6.07, 6.45) is 3.38. The molecule has 3 heteroatoms. The van der Waals surface area contributed by atoms with Gasteiger partial charge in [-0.2, -0.15) is 0 Å². The molecular weight excluding hydrogens is 176 g/mol. The van der Waals surface area contributed by atoms with Crippen molar-refractivity contribution in [1.29, 1.82) is 0 Å². The zero-order chi connectivity index (χ0) is 8.93. The molecule has 2 heterocycles. The molecule has 0 aromatic heterocycles. The Bertz CT molecular complexity index is 225. The Hall–Kier alpha value is -0.0500. The molecule has 12 heavy (non-hydrogen) atoms. The fraction of sp³-hybridized carbons (Fsp3) is 0.778. The summed E-state index contributed by atoms with van der Waals surface area (Å²) in [5.41, 5.74) is 0. The minimum Gasteiger partial charge on any atom is -0.391 e. The van der Waals surface area contributed by atoms with Gasteiger partial charge in [0.25, 0.3) is 0 Å². The van der Waals surface area contributed by atoms with E-state index in [1.54, 1.807) is 0 Å². The molecule has 1 fully saturated rings. The van der Waals surface area contributed by atoms with E-state index in [0.29, 0.717) is 0 Å². The number of rotatable bonds is 0. The molecule has 1 N–H and O–H groups in total. The third-order valence-corrected chi connectivity index (χ3v) is 3.37. The molecule has 2 aliphatic rings. The van der Waals surface area contributed by atoms with Crippen LogP contribution in [0.3, 0.4) is 0 Å². The van der Waals surface area contributed by atoms with E-state index in [1.807, 2.05) is 26.0 Å². The molecule has 1 saturated heterocycles. The van der Waals surface area contributed by atoms with Gasteiger partial charge in [0.15, 0.2) is 0 Å². The van der Waals surface area contributed by atoms with Crippen LogP contribution in [0.4, 0.5) is 0 Å². The number of aliphatic hydroxyl groups is 1. The van der Waals surface area contributed by atoms with E-state index < -0.39 is 11.0 Å². The van der Waals surface area contributed by atoms with Gasteiger partial charge in [-0.3, -0.25) is 0 Å². The van der Waals surface area contributed by atoms with E-state index in [0.717, 1.165) is 0 Å². The topological polar surface area (TPSA) is 29.5 Å². The van der Waals surface area contributed by atoms with Crippen LogP contribution in [0.25, 0.3) is 0 Å². The van der Waals surface area contributed by atoms with Crippen molar-refractivity contribution in [1.82, 2.24) is 0 Å². The van der Waals surface area contributed by atoms with Crippen molar-refractivity contribution in [2.24, 2.45) is 5.92 Å². The first-order valence-corrected chi connectivity index (χ1v) is 4.62. The molecule has 2 bridgehead atoms. The first-order chi connectivity index (χ1) is 5.53. The van der Waals surface area contributed by atoms with Gasteiger partial charge in [-0.1, -0.05) is 19.1 Å². The lowest BCUT2D eigenvalue weighted by atomic mass is 9.85. The Labute approximate surface area is 77.2 Å². The molecule has 0 saturated carbocycles. The highest BCUT2D eigenvalue weighted by Gasteiger charge is 2.51. The highest BCUT2D eigenvalue weighted by Crippen LogP contribution is 2.42. The maximum absolute atomic E-state index is 9.83. The second kappa shape index (κ2) is 2.47. The second-order valence-corrected chi connectivity index (χ2v) is 4.68. The summed E-state index contributed by atoms with van der Waals surface area (Å²) in [6.45, 7) is 3.79. The number of hydrogen-bond donors (Lipinski definition) is 1. The first kappa shape index (κ1) is 8.54. The lowest BCUT2D eigenvalue weighted by molar-refractivity contribution is -0.104. The van der Waals surface area contributed by atoms with Crippen LogP contribution in [0.1, 0.15) is 13.8 Å². The Balaban J connectivity index is 2.32. The smallest absolute Gasteiger partial charge is 0.0979 e. The van der Waals surface area contributed by atoms with Gasteiger partial charge in [0.2, 0.25) is 0 Å². The van der Waals surface area contributed by atoms with E-state index in [4.69, 9.17) is 16.3 Å². The quantitative estimate of drug-likeness (QED) is 0.459. The molecular formula is C9H13ClO2. The van der Waals surface area contributed by atoms with Crippen LogP contribution in [-0.4, -0.2) is 28.3 Å². The van der Waals surface area contributed by atoms with Crippen molar-refractivity contribution in [3.8, 4) is 0 Å². The molecule has 5 atom stereocenters. The van der Waals surface area contributed by atoms with E-state index in [1.165, 1.54) is 0 Å². The van der Waals surface area contributed by atoms with Crippen molar-refractivity contribution >= 4 is 11.6 Å². The number of fused-ring (bicyclic) bond motifs is 2. The summed E-state index contributed by atoms with van der Waals surface area (Å²) in [6, 6.07) is 0. The summed E-state index contributed by atoms with van der Waals surface area (Å²) in [5.74, 6) is 0.0856. The van der Waals surface area contributed by atoms with Crippen LogP contribution in [0.5, 0.6) is 0 Å². The van der Waals surface area contributed by atoms with Gasteiger partial charge >= 0.3 is 0 Å². The molecule has 0 aromatic carbocycles. The van der Waals surface area contributed by atoms with Crippen molar-refractivity contribution in [3.05, 3.63) is 12.2 Å². The third-order valence-electron chi connectivity index (χ3n) is 2.93. The van der Waals surface area contributed by atoms with E-state index in [-0.39, 0.29) is 18.1 Å². The minimum absolute atomic E-state index is 0.0526. The minimum atomic E-state index is -0.664. The van der Waals surface area contributed by atoms with Crippen molar-refractivity contribution in [3.63, 3.8) is 0 Å². The van der Waals surface area contributed by atoms with Gasteiger partial charge in [0.1, 0.15) is 0 Å². The van der Waals surface area contributed by atoms with E-state index in [9.17, 15) is 5.11 Å². The first-order valence-electron chi connectivity index (χ1n) is 4.24. The Morgan fingerprint density at radius 1 is 1.50 bits per heavy atom. The van der Waals surface area contributed by atoms with Crippen molar-refractivity contribution in [2.45, 2.75) is 37.0 Å². The SMILES string of the molecule is C[C@H]1[C@@H](O)[C@@](C)(Cl)[C@@H]2C=C[C@H]1O2. The van der Waals surface area contributed by atoms with E-state index in [2.05, 4.69) is 0 Å². The molecule has 2 rings (SSSR count).